The first kappa shape index (κ1) is 23.9. The van der Waals surface area contributed by atoms with Gasteiger partial charge in [-0.3, -0.25) is 29.0 Å². The maximum atomic E-state index is 13.7. The molecule has 0 bridgehead atoms. The number of amides is 4. The summed E-state index contributed by atoms with van der Waals surface area (Å²) in [7, 11) is 0. The third kappa shape index (κ3) is 3.48. The van der Waals surface area contributed by atoms with E-state index < -0.39 is 23.7 Å². The van der Waals surface area contributed by atoms with Crippen molar-refractivity contribution in [1.29, 1.82) is 0 Å². The quantitative estimate of drug-likeness (QED) is 0.488. The van der Waals surface area contributed by atoms with E-state index in [1.807, 2.05) is 13.8 Å². The van der Waals surface area contributed by atoms with Crippen LogP contribution >= 0.6 is 0 Å². The largest absolute Gasteiger partial charge is 0.508 e. The van der Waals surface area contributed by atoms with E-state index in [1.54, 1.807) is 24.5 Å². The van der Waals surface area contributed by atoms with Crippen LogP contribution in [0.15, 0.2) is 41.7 Å². The Morgan fingerprint density at radius 2 is 1.57 bits per heavy atom. The standard InChI is InChI=1S/C29H32N2O6/c1-3-9-30-26(33)19-7-6-18-20(24(19)28(30)35)13-21-25(29(36)31(10-4-2)27(21)34)23(18)16-11-15-12-17(32)5-8-22(15)37-14-16/h5-6,8,12,14,19-21,23-25,32H,3-4,7,9-11,13H2,1-2H3/t19-,20+,21+,23-,24-,25+/m0/s1. The Labute approximate surface area is 215 Å². The lowest BCUT2D eigenvalue weighted by atomic mass is 9.56. The second-order valence-corrected chi connectivity index (χ2v) is 11.0. The van der Waals surface area contributed by atoms with Crippen molar-refractivity contribution in [2.75, 3.05) is 13.1 Å². The van der Waals surface area contributed by atoms with Gasteiger partial charge in [0, 0.05) is 31.0 Å². The van der Waals surface area contributed by atoms with Gasteiger partial charge in [-0.2, -0.15) is 0 Å². The number of hydrogen-bond donors (Lipinski definition) is 1. The minimum atomic E-state index is -0.550. The highest BCUT2D eigenvalue weighted by molar-refractivity contribution is 6.07. The topological polar surface area (TPSA) is 104 Å². The molecule has 6 rings (SSSR count). The fraction of sp³-hybridized carbons (Fsp3) is 0.517. The Morgan fingerprint density at radius 1 is 0.892 bits per heavy atom. The van der Waals surface area contributed by atoms with E-state index >= 15 is 0 Å². The van der Waals surface area contributed by atoms with Gasteiger partial charge in [-0.05, 0) is 55.4 Å². The Kier molecular flexibility index (Phi) is 5.73. The molecule has 1 aromatic carbocycles. The van der Waals surface area contributed by atoms with Crippen molar-refractivity contribution in [3.8, 4) is 11.5 Å². The molecule has 5 aliphatic rings. The zero-order valence-electron chi connectivity index (χ0n) is 21.2. The maximum absolute atomic E-state index is 13.7. The molecule has 2 aliphatic carbocycles. The smallest absolute Gasteiger partial charge is 0.234 e. The molecule has 0 radical (unpaired) electrons. The van der Waals surface area contributed by atoms with Crippen molar-refractivity contribution in [2.24, 2.45) is 35.5 Å². The van der Waals surface area contributed by atoms with E-state index in [4.69, 9.17) is 4.74 Å². The van der Waals surface area contributed by atoms with Crippen LogP contribution in [0.3, 0.4) is 0 Å². The predicted octanol–water partition coefficient (Wildman–Crippen LogP) is 3.20. The van der Waals surface area contributed by atoms with E-state index in [0.29, 0.717) is 50.9 Å². The molecule has 194 valence electrons. The summed E-state index contributed by atoms with van der Waals surface area (Å²) in [5.41, 5.74) is 2.66. The van der Waals surface area contributed by atoms with Gasteiger partial charge >= 0.3 is 0 Å². The first-order valence-electron chi connectivity index (χ1n) is 13.4. The summed E-state index contributed by atoms with van der Waals surface area (Å²) in [6.45, 7) is 4.67. The number of rotatable bonds is 5. The zero-order valence-corrected chi connectivity index (χ0v) is 21.2. The van der Waals surface area contributed by atoms with Crippen LogP contribution in [0.1, 0.15) is 45.1 Å². The lowest BCUT2D eigenvalue weighted by Gasteiger charge is -2.45. The van der Waals surface area contributed by atoms with Crippen LogP contribution < -0.4 is 4.74 Å². The average molecular weight is 505 g/mol. The molecule has 1 saturated carbocycles. The molecular formula is C29H32N2O6. The van der Waals surface area contributed by atoms with Gasteiger partial charge in [0.05, 0.1) is 29.9 Å². The number of benzene rings is 1. The highest BCUT2D eigenvalue weighted by atomic mass is 16.5. The first-order chi connectivity index (χ1) is 17.8. The van der Waals surface area contributed by atoms with Crippen molar-refractivity contribution < 1.29 is 29.0 Å². The molecule has 3 heterocycles. The first-order valence-corrected chi connectivity index (χ1v) is 13.4. The van der Waals surface area contributed by atoms with E-state index in [0.717, 1.165) is 16.7 Å². The number of phenols is 1. The number of nitrogens with zero attached hydrogens (tertiary/aromatic N) is 2. The van der Waals surface area contributed by atoms with E-state index in [1.165, 1.54) is 9.80 Å². The normalized spacial score (nSPS) is 32.4. The van der Waals surface area contributed by atoms with E-state index in [-0.39, 0.29) is 41.2 Å². The molecule has 0 aromatic heterocycles. The van der Waals surface area contributed by atoms with Gasteiger partial charge in [-0.25, -0.2) is 0 Å². The van der Waals surface area contributed by atoms with Crippen molar-refractivity contribution in [2.45, 2.75) is 46.0 Å². The summed E-state index contributed by atoms with van der Waals surface area (Å²) in [6.07, 6.45) is 6.46. The summed E-state index contributed by atoms with van der Waals surface area (Å²) in [5, 5.41) is 10.1. The van der Waals surface area contributed by atoms with Gasteiger partial charge in [0.15, 0.2) is 0 Å². The van der Waals surface area contributed by atoms with Crippen LogP contribution in [0.2, 0.25) is 0 Å². The molecule has 2 saturated heterocycles. The van der Waals surface area contributed by atoms with Crippen molar-refractivity contribution in [3.63, 3.8) is 0 Å². The third-order valence-corrected chi connectivity index (χ3v) is 8.90. The van der Waals surface area contributed by atoms with Crippen LogP contribution in [0.4, 0.5) is 0 Å². The monoisotopic (exact) mass is 504 g/mol. The van der Waals surface area contributed by atoms with Crippen LogP contribution in [-0.4, -0.2) is 51.6 Å². The number of carbonyl (C=O) groups excluding carboxylic acids is 4. The number of imide groups is 2. The van der Waals surface area contributed by atoms with Gasteiger partial charge < -0.3 is 9.84 Å². The Hall–Kier alpha value is -3.42. The molecule has 6 atom stereocenters. The lowest BCUT2D eigenvalue weighted by Crippen LogP contribution is -2.45. The predicted molar refractivity (Wildman–Crippen MR) is 133 cm³/mol. The molecule has 4 amide bonds. The van der Waals surface area contributed by atoms with Gasteiger partial charge in [-0.1, -0.05) is 25.5 Å². The number of phenolic OH excluding ortho intramolecular Hbond substituents is 1. The fourth-order valence-electron chi connectivity index (χ4n) is 7.43. The van der Waals surface area contributed by atoms with E-state index in [2.05, 4.69) is 6.08 Å². The Balaban J connectivity index is 1.43. The van der Waals surface area contributed by atoms with Gasteiger partial charge in [-0.15, -0.1) is 0 Å². The van der Waals surface area contributed by atoms with Crippen LogP contribution in [0.5, 0.6) is 11.5 Å². The lowest BCUT2D eigenvalue weighted by molar-refractivity contribution is -0.142. The molecule has 1 aromatic rings. The van der Waals surface area contributed by atoms with Crippen LogP contribution in [-0.2, 0) is 25.6 Å². The highest BCUT2D eigenvalue weighted by Crippen LogP contribution is 2.57. The van der Waals surface area contributed by atoms with E-state index in [9.17, 15) is 24.3 Å². The molecular weight excluding hydrogens is 472 g/mol. The minimum absolute atomic E-state index is 0.114. The van der Waals surface area contributed by atoms with Crippen molar-refractivity contribution in [1.82, 2.24) is 9.80 Å². The molecule has 0 unspecified atom stereocenters. The third-order valence-electron chi connectivity index (χ3n) is 8.90. The molecule has 0 spiro atoms. The second kappa shape index (κ2) is 8.85. The molecule has 8 nitrogen and oxygen atoms in total. The molecule has 8 heteroatoms. The fourth-order valence-corrected chi connectivity index (χ4v) is 7.43. The summed E-state index contributed by atoms with van der Waals surface area (Å²) in [5.74, 6) is -2.43. The summed E-state index contributed by atoms with van der Waals surface area (Å²) in [6, 6.07) is 4.95. The number of ether oxygens (including phenoxy) is 1. The molecule has 3 aliphatic heterocycles. The number of carbonyl (C=O) groups is 4. The van der Waals surface area contributed by atoms with Gasteiger partial charge in [0.25, 0.3) is 0 Å². The highest BCUT2D eigenvalue weighted by Gasteiger charge is 2.62. The molecule has 37 heavy (non-hydrogen) atoms. The van der Waals surface area contributed by atoms with Gasteiger partial charge in [0.1, 0.15) is 11.5 Å². The molecule has 3 fully saturated rings. The summed E-state index contributed by atoms with van der Waals surface area (Å²) >= 11 is 0. The minimum Gasteiger partial charge on any atom is -0.508 e. The number of hydrogen-bond acceptors (Lipinski definition) is 6. The summed E-state index contributed by atoms with van der Waals surface area (Å²) < 4.78 is 5.94. The molecule has 1 N–H and O–H groups in total. The number of aromatic hydroxyl groups is 1. The van der Waals surface area contributed by atoms with Crippen molar-refractivity contribution >= 4 is 23.6 Å². The average Bonchev–Trinajstić information content (AvgIpc) is 3.27. The van der Waals surface area contributed by atoms with Crippen LogP contribution in [0.25, 0.3) is 0 Å². The number of fused-ring (bicyclic) bond motifs is 5. The Bertz CT molecular complexity index is 1260. The summed E-state index contributed by atoms with van der Waals surface area (Å²) in [4.78, 5) is 56.7. The SMILES string of the molecule is CCCN1C(=O)[C@H]2[C@H](CC=C3[C@H](C4=COc5ccc(O)cc5C4)[C@@H]4C(=O)N(CCC)C(=O)[C@@H]4C[C@H]32)C1=O. The van der Waals surface area contributed by atoms with Gasteiger partial charge in [0.2, 0.25) is 23.6 Å². The maximum Gasteiger partial charge on any atom is 0.234 e. The number of likely N-dealkylation sites (tertiary alicyclic amines) is 2. The van der Waals surface area contributed by atoms with Crippen LogP contribution in [0, 0.1) is 35.5 Å². The number of allylic oxidation sites excluding steroid dienone is 3. The van der Waals surface area contributed by atoms with Crippen molar-refractivity contribution in [3.05, 3.63) is 47.2 Å². The Morgan fingerprint density at radius 3 is 2.27 bits per heavy atom. The second-order valence-electron chi connectivity index (χ2n) is 11.0. The zero-order chi connectivity index (χ0) is 26.0.